The van der Waals surface area contributed by atoms with Crippen molar-refractivity contribution in [1.82, 2.24) is 19.6 Å². The number of fused-ring (bicyclic) bond motifs is 1. The summed E-state index contributed by atoms with van der Waals surface area (Å²) in [5, 5.41) is 4.39. The van der Waals surface area contributed by atoms with Crippen molar-refractivity contribution < 1.29 is 22.7 Å². The molecule has 0 fully saturated rings. The Balaban J connectivity index is 1.37. The SMILES string of the molecule is C=c1nccc/c1=C(/C=C\COCC)S(=O)(=O)N(C)Cc1cccc(-c2cnc3c(OC(=O)NC4=CC=CCC4)cccc3c2)c1. The van der Waals surface area contributed by atoms with Gasteiger partial charge in [0.25, 0.3) is 0 Å². The number of allylic oxidation sites excluding steroid dienone is 4. The lowest BCUT2D eigenvalue weighted by molar-refractivity contribution is 0.177. The number of benzene rings is 2. The minimum absolute atomic E-state index is 0.0988. The molecule has 9 nitrogen and oxygen atoms in total. The number of aromatic nitrogens is 2. The molecule has 0 spiro atoms. The Bertz CT molecular complexity index is 2050. The monoisotopic (exact) mass is 636 g/mol. The average Bonchev–Trinajstić information content (AvgIpc) is 3.05. The van der Waals surface area contributed by atoms with E-state index < -0.39 is 16.1 Å². The molecule has 4 aromatic rings. The summed E-state index contributed by atoms with van der Waals surface area (Å²) in [6.45, 7) is 6.74. The minimum atomic E-state index is -3.93. The molecule has 236 valence electrons. The molecule has 10 heteroatoms. The van der Waals surface area contributed by atoms with Crippen LogP contribution in [-0.2, 0) is 21.3 Å². The third-order valence-corrected chi connectivity index (χ3v) is 9.21. The maximum atomic E-state index is 13.9. The normalized spacial score (nSPS) is 14.0. The van der Waals surface area contributed by atoms with Gasteiger partial charge in [-0.15, -0.1) is 0 Å². The van der Waals surface area contributed by atoms with Gasteiger partial charge in [-0.1, -0.05) is 55.1 Å². The van der Waals surface area contributed by atoms with Crippen molar-refractivity contribution in [1.29, 1.82) is 0 Å². The molecule has 0 atom stereocenters. The molecule has 0 radical (unpaired) electrons. The van der Waals surface area contributed by atoms with Crippen molar-refractivity contribution in [2.45, 2.75) is 26.3 Å². The van der Waals surface area contributed by atoms with Gasteiger partial charge in [0, 0.05) is 54.5 Å². The van der Waals surface area contributed by atoms with E-state index in [1.807, 2.05) is 67.6 Å². The highest BCUT2D eigenvalue weighted by Crippen LogP contribution is 2.29. The molecule has 0 unspecified atom stereocenters. The van der Waals surface area contributed by atoms with Crippen molar-refractivity contribution in [3.63, 3.8) is 0 Å². The summed E-state index contributed by atoms with van der Waals surface area (Å²) in [5.74, 6) is 0.357. The number of carbonyl (C=O) groups is 1. The summed E-state index contributed by atoms with van der Waals surface area (Å²) in [5.41, 5.74) is 3.86. The van der Waals surface area contributed by atoms with Gasteiger partial charge in [-0.05, 0) is 73.4 Å². The smallest absolute Gasteiger partial charge is 0.408 e. The third kappa shape index (κ3) is 7.84. The Kier molecular flexibility index (Phi) is 10.5. The Morgan fingerprint density at radius 2 is 1.93 bits per heavy atom. The lowest BCUT2D eigenvalue weighted by Crippen LogP contribution is -2.35. The van der Waals surface area contributed by atoms with Crippen LogP contribution in [0.5, 0.6) is 5.75 Å². The van der Waals surface area contributed by atoms with Crippen LogP contribution < -0.4 is 20.6 Å². The Morgan fingerprint density at radius 3 is 2.72 bits per heavy atom. The quantitative estimate of drug-likeness (QED) is 0.226. The fraction of sp³-hybridized carbons (Fsp3) is 0.194. The molecule has 0 bridgehead atoms. The number of pyridine rings is 2. The van der Waals surface area contributed by atoms with Gasteiger partial charge in [0.05, 0.1) is 16.9 Å². The molecule has 1 aliphatic rings. The van der Waals surface area contributed by atoms with Crippen molar-refractivity contribution >= 4 is 38.5 Å². The zero-order valence-corrected chi connectivity index (χ0v) is 26.7. The number of hydrogen-bond acceptors (Lipinski definition) is 7. The number of nitrogens with one attached hydrogen (secondary N) is 1. The van der Waals surface area contributed by atoms with E-state index in [0.29, 0.717) is 28.4 Å². The molecule has 46 heavy (non-hydrogen) atoms. The maximum Gasteiger partial charge on any atom is 0.416 e. The summed E-state index contributed by atoms with van der Waals surface area (Å²) in [7, 11) is -2.38. The first-order valence-electron chi connectivity index (χ1n) is 14.9. The van der Waals surface area contributed by atoms with Gasteiger partial charge in [0.2, 0.25) is 10.0 Å². The summed E-state index contributed by atoms with van der Waals surface area (Å²) < 4.78 is 40.0. The molecule has 0 aliphatic heterocycles. The fourth-order valence-electron chi connectivity index (χ4n) is 5.01. The van der Waals surface area contributed by atoms with Crippen molar-refractivity contribution in [2.75, 3.05) is 20.3 Å². The Hall–Kier alpha value is -4.90. The van der Waals surface area contributed by atoms with E-state index in [4.69, 9.17) is 9.47 Å². The van der Waals surface area contributed by atoms with E-state index in [9.17, 15) is 13.2 Å². The van der Waals surface area contributed by atoms with Gasteiger partial charge >= 0.3 is 6.09 Å². The number of carbonyl (C=O) groups excluding carboxylic acids is 1. The maximum absolute atomic E-state index is 13.9. The molecule has 1 N–H and O–H groups in total. The first-order chi connectivity index (χ1) is 22.3. The van der Waals surface area contributed by atoms with Crippen LogP contribution in [0.2, 0.25) is 0 Å². The molecule has 1 amide bonds. The van der Waals surface area contributed by atoms with Gasteiger partial charge in [0.15, 0.2) is 5.75 Å². The fourth-order valence-corrected chi connectivity index (χ4v) is 6.40. The summed E-state index contributed by atoms with van der Waals surface area (Å²) in [4.78, 5) is 21.5. The number of hydrogen-bond donors (Lipinski definition) is 1. The number of para-hydroxylation sites is 1. The Morgan fingerprint density at radius 1 is 1.09 bits per heavy atom. The number of nitrogens with zero attached hydrogens (tertiary/aromatic N) is 3. The summed E-state index contributed by atoms with van der Waals surface area (Å²) in [6.07, 6.45) is 13.4. The second-order valence-electron chi connectivity index (χ2n) is 10.6. The van der Waals surface area contributed by atoms with Crippen LogP contribution in [0.3, 0.4) is 0 Å². The van der Waals surface area contributed by atoms with Crippen LogP contribution in [0.15, 0.2) is 109 Å². The van der Waals surface area contributed by atoms with Crippen molar-refractivity contribution in [3.05, 3.63) is 125 Å². The highest BCUT2D eigenvalue weighted by Gasteiger charge is 2.23. The molecule has 0 saturated carbocycles. The van der Waals surface area contributed by atoms with Crippen LogP contribution in [0.1, 0.15) is 25.3 Å². The van der Waals surface area contributed by atoms with Crippen LogP contribution in [-0.4, -0.2) is 49.0 Å². The Labute approximate surface area is 269 Å². The molecular weight excluding hydrogens is 600 g/mol. The zero-order chi connectivity index (χ0) is 32.5. The highest BCUT2D eigenvalue weighted by molar-refractivity contribution is 7.98. The standard InChI is InChI=1S/C36H36N4O5S/c1-4-44-21-11-19-34(32-17-10-20-37-26(32)2)46(42,43)40(3)25-27-12-8-13-28(22-27)30-23-29-14-9-18-33(35(29)38-24-30)45-36(41)39-31-15-6-5-7-16-31/h5-6,8-15,17-20,22-24H,2,4,7,16,21,25H2,1,3H3,(H,39,41)/b19-11-,34-32+. The molecule has 2 heterocycles. The predicted molar refractivity (Wildman–Crippen MR) is 181 cm³/mol. The number of sulfonamides is 1. The lowest BCUT2D eigenvalue weighted by Gasteiger charge is -2.19. The van der Waals surface area contributed by atoms with Gasteiger partial charge in [-0.25, -0.2) is 13.2 Å². The van der Waals surface area contributed by atoms with E-state index in [2.05, 4.69) is 21.9 Å². The van der Waals surface area contributed by atoms with Crippen LogP contribution in [0, 0.1) is 0 Å². The molecule has 1 aliphatic carbocycles. The summed E-state index contributed by atoms with van der Waals surface area (Å²) >= 11 is 0. The van der Waals surface area contributed by atoms with Gasteiger partial charge < -0.3 is 9.47 Å². The number of rotatable bonds is 11. The average molecular weight is 637 g/mol. The first kappa shape index (κ1) is 32.5. The van der Waals surface area contributed by atoms with E-state index in [0.717, 1.165) is 40.6 Å². The molecular formula is C36H36N4O5S. The van der Waals surface area contributed by atoms with Crippen molar-refractivity contribution in [2.24, 2.45) is 0 Å². The molecule has 0 saturated heterocycles. The molecule has 2 aromatic heterocycles. The number of ether oxygens (including phenoxy) is 2. The lowest BCUT2D eigenvalue weighted by atomic mass is 10.0. The van der Waals surface area contributed by atoms with E-state index >= 15 is 0 Å². The zero-order valence-electron chi connectivity index (χ0n) is 25.8. The second kappa shape index (κ2) is 14.9. The second-order valence-corrected chi connectivity index (χ2v) is 12.6. The minimum Gasteiger partial charge on any atom is -0.408 e. The van der Waals surface area contributed by atoms with Crippen molar-refractivity contribution in [3.8, 4) is 16.9 Å². The topological polar surface area (TPSA) is 111 Å². The van der Waals surface area contributed by atoms with Crippen LogP contribution >= 0.6 is 0 Å². The van der Waals surface area contributed by atoms with E-state index in [1.165, 1.54) is 4.31 Å². The van der Waals surface area contributed by atoms with E-state index in [1.54, 1.807) is 49.8 Å². The van der Waals surface area contributed by atoms with Crippen LogP contribution in [0.25, 0.3) is 33.5 Å². The first-order valence-corrected chi connectivity index (χ1v) is 16.4. The summed E-state index contributed by atoms with van der Waals surface area (Å²) in [6, 6.07) is 18.4. The molecule has 5 rings (SSSR count). The van der Waals surface area contributed by atoms with Gasteiger partial charge in [-0.2, -0.15) is 4.31 Å². The van der Waals surface area contributed by atoms with Crippen LogP contribution in [0.4, 0.5) is 4.79 Å². The molecule has 2 aromatic carbocycles. The van der Waals surface area contributed by atoms with Gasteiger partial charge in [0.1, 0.15) is 5.52 Å². The van der Waals surface area contributed by atoms with Gasteiger partial charge in [-0.3, -0.25) is 15.3 Å². The third-order valence-electron chi connectivity index (χ3n) is 7.35. The number of amides is 1. The largest absolute Gasteiger partial charge is 0.416 e. The highest BCUT2D eigenvalue weighted by atomic mass is 32.2. The van der Waals surface area contributed by atoms with E-state index in [-0.39, 0.29) is 18.1 Å². The predicted octanol–water partition coefficient (Wildman–Crippen LogP) is 5.19.